The maximum absolute atomic E-state index is 12.9. The molecule has 3 fully saturated rings. The van der Waals surface area contributed by atoms with Crippen LogP contribution in [0, 0.1) is 11.8 Å². The summed E-state index contributed by atoms with van der Waals surface area (Å²) in [6.45, 7) is 1.11. The minimum atomic E-state index is -1.38. The molecule has 16 heteroatoms. The SMILES string of the molecule is [B]C([B])(c1cccc(C(=O)NC)n1)N1CC(n2ncc3c2C(C2CCCC2)N(C)c2c(Nc4cc(NC(=O)C5CC5)nnc4C(=O)NC)cccc2-3)C1. The molecule has 1 atom stereocenters. The van der Waals surface area contributed by atoms with Gasteiger partial charge in [0.1, 0.15) is 5.69 Å². The molecule has 0 bridgehead atoms. The van der Waals surface area contributed by atoms with E-state index in [0.29, 0.717) is 30.4 Å². The Hall–Kier alpha value is -5.24. The highest BCUT2D eigenvalue weighted by molar-refractivity contribution is 6.39. The van der Waals surface area contributed by atoms with E-state index in [1.807, 2.05) is 23.2 Å². The number of anilines is 4. The van der Waals surface area contributed by atoms with Crippen molar-refractivity contribution in [3.63, 3.8) is 0 Å². The van der Waals surface area contributed by atoms with Crippen molar-refractivity contribution in [2.75, 3.05) is 49.8 Å². The molecule has 3 aromatic heterocycles. The van der Waals surface area contributed by atoms with Gasteiger partial charge >= 0.3 is 0 Å². The Bertz CT molecular complexity index is 2090. The number of amides is 3. The molecule has 14 nitrogen and oxygen atoms in total. The van der Waals surface area contributed by atoms with Gasteiger partial charge in [0, 0.05) is 63.0 Å². The highest BCUT2D eigenvalue weighted by Crippen LogP contribution is 2.53. The van der Waals surface area contributed by atoms with E-state index in [1.54, 1.807) is 38.4 Å². The lowest BCUT2D eigenvalue weighted by Crippen LogP contribution is -2.60. The fraction of sp³-hybridized carbons (Fsp3) is 0.432. The van der Waals surface area contributed by atoms with Gasteiger partial charge < -0.3 is 31.1 Å². The molecule has 2 aliphatic heterocycles. The molecular formula is C37H41B2N11O3. The molecular weight excluding hydrogens is 668 g/mol. The third kappa shape index (κ3) is 6.22. The van der Waals surface area contributed by atoms with E-state index >= 15 is 0 Å². The summed E-state index contributed by atoms with van der Waals surface area (Å²) in [5.74, 6) is -0.118. The summed E-state index contributed by atoms with van der Waals surface area (Å²) in [5, 5.41) is 23.6. The molecule has 1 saturated heterocycles. The molecule has 53 heavy (non-hydrogen) atoms. The van der Waals surface area contributed by atoms with Crippen LogP contribution < -0.4 is 26.2 Å². The molecule has 2 saturated carbocycles. The summed E-state index contributed by atoms with van der Waals surface area (Å²) < 4.78 is 2.16. The Morgan fingerprint density at radius 3 is 2.34 bits per heavy atom. The van der Waals surface area contributed by atoms with Crippen LogP contribution in [0.4, 0.5) is 22.9 Å². The van der Waals surface area contributed by atoms with E-state index in [-0.39, 0.29) is 47.0 Å². The van der Waals surface area contributed by atoms with E-state index < -0.39 is 11.2 Å². The number of nitrogens with one attached hydrogen (secondary N) is 4. The number of nitrogens with zero attached hydrogens (tertiary/aromatic N) is 7. The second kappa shape index (κ2) is 13.6. The summed E-state index contributed by atoms with van der Waals surface area (Å²) in [7, 11) is 18.6. The number of fused-ring (bicyclic) bond motifs is 3. The minimum absolute atomic E-state index is 0.00948. The number of likely N-dealkylation sites (tertiary alicyclic amines) is 1. The number of rotatable bonds is 10. The van der Waals surface area contributed by atoms with Crippen molar-refractivity contribution >= 4 is 56.3 Å². The number of pyridine rings is 1. The van der Waals surface area contributed by atoms with Gasteiger partial charge in [-0.2, -0.15) is 5.10 Å². The molecule has 1 aromatic carbocycles. The second-order valence-electron chi connectivity index (χ2n) is 14.5. The summed E-state index contributed by atoms with van der Waals surface area (Å²) in [6.07, 6.45) is 8.21. The summed E-state index contributed by atoms with van der Waals surface area (Å²) in [5.41, 5.74) is 6.23. The van der Waals surface area contributed by atoms with Crippen LogP contribution in [0.2, 0.25) is 0 Å². The first-order valence-corrected chi connectivity index (χ1v) is 18.2. The Labute approximate surface area is 310 Å². The Kier molecular flexibility index (Phi) is 8.96. The predicted molar refractivity (Wildman–Crippen MR) is 202 cm³/mol. The summed E-state index contributed by atoms with van der Waals surface area (Å²) >= 11 is 0. The van der Waals surface area contributed by atoms with E-state index in [2.05, 4.69) is 59.1 Å². The molecule has 3 amide bonds. The van der Waals surface area contributed by atoms with Crippen LogP contribution in [0.3, 0.4) is 0 Å². The normalized spacial score (nSPS) is 18.8. The molecule has 4 radical (unpaired) electrons. The largest absolute Gasteiger partial charge is 0.364 e. The Morgan fingerprint density at radius 1 is 0.887 bits per heavy atom. The lowest BCUT2D eigenvalue weighted by Gasteiger charge is -2.51. The number of hydrogen-bond donors (Lipinski definition) is 4. The number of hydrogen-bond acceptors (Lipinski definition) is 10. The van der Waals surface area contributed by atoms with Gasteiger partial charge in [-0.05, 0) is 55.1 Å². The molecule has 5 heterocycles. The first kappa shape index (κ1) is 34.8. The Morgan fingerprint density at radius 2 is 1.62 bits per heavy atom. The van der Waals surface area contributed by atoms with E-state index in [4.69, 9.17) is 20.8 Å². The maximum atomic E-state index is 12.9. The summed E-state index contributed by atoms with van der Waals surface area (Å²) in [6, 6.07) is 12.9. The number of carbonyl (C=O) groups is 3. The third-order valence-electron chi connectivity index (χ3n) is 11.1. The third-order valence-corrected chi connectivity index (χ3v) is 11.1. The molecule has 4 N–H and O–H groups in total. The molecule has 268 valence electrons. The van der Waals surface area contributed by atoms with Gasteiger partial charge in [-0.15, -0.1) is 10.2 Å². The quantitative estimate of drug-likeness (QED) is 0.180. The number of benzene rings is 1. The van der Waals surface area contributed by atoms with Crippen molar-refractivity contribution < 1.29 is 14.4 Å². The van der Waals surface area contributed by atoms with Crippen LogP contribution in [0.5, 0.6) is 0 Å². The molecule has 8 rings (SSSR count). The predicted octanol–water partition coefficient (Wildman–Crippen LogP) is 3.23. The second-order valence-corrected chi connectivity index (χ2v) is 14.5. The number of para-hydroxylation sites is 1. The van der Waals surface area contributed by atoms with Crippen LogP contribution in [0.15, 0.2) is 48.7 Å². The van der Waals surface area contributed by atoms with Crippen LogP contribution in [-0.4, -0.2) is 97.5 Å². The van der Waals surface area contributed by atoms with Crippen molar-refractivity contribution in [3.05, 3.63) is 71.4 Å². The van der Waals surface area contributed by atoms with Crippen molar-refractivity contribution in [2.45, 2.75) is 55.9 Å². The molecule has 2 aliphatic carbocycles. The van der Waals surface area contributed by atoms with Gasteiger partial charge in [0.25, 0.3) is 11.8 Å². The summed E-state index contributed by atoms with van der Waals surface area (Å²) in [4.78, 5) is 46.5. The fourth-order valence-electron chi connectivity index (χ4n) is 8.08. The molecule has 0 spiro atoms. The van der Waals surface area contributed by atoms with Crippen LogP contribution >= 0.6 is 0 Å². The smallest absolute Gasteiger partial charge is 0.273 e. The van der Waals surface area contributed by atoms with E-state index in [0.717, 1.165) is 53.9 Å². The fourth-order valence-corrected chi connectivity index (χ4v) is 8.08. The van der Waals surface area contributed by atoms with Gasteiger partial charge in [-0.25, -0.2) is 4.98 Å². The molecule has 4 aliphatic rings. The van der Waals surface area contributed by atoms with Gasteiger partial charge in [-0.3, -0.25) is 19.1 Å². The van der Waals surface area contributed by atoms with Gasteiger partial charge in [-0.1, -0.05) is 31.0 Å². The zero-order valence-electron chi connectivity index (χ0n) is 30.1. The Balaban J connectivity index is 1.12. The maximum Gasteiger partial charge on any atom is 0.273 e. The number of aromatic nitrogens is 5. The first-order valence-electron chi connectivity index (χ1n) is 18.2. The molecule has 1 unspecified atom stereocenters. The van der Waals surface area contributed by atoms with Gasteiger partial charge in [0.05, 0.1) is 56.7 Å². The van der Waals surface area contributed by atoms with Crippen LogP contribution in [0.25, 0.3) is 11.1 Å². The van der Waals surface area contributed by atoms with Crippen molar-refractivity contribution in [1.29, 1.82) is 0 Å². The average molecular weight is 709 g/mol. The minimum Gasteiger partial charge on any atom is -0.364 e. The van der Waals surface area contributed by atoms with Gasteiger partial charge in [0.15, 0.2) is 11.5 Å². The standard InChI is InChI=1S/C37H41B2N11O3/c1-40-35(52)26-12-7-13-28(44-26)37(38,39)49-18-22(19-49)50-33-24(17-42-50)23-10-6-11-25(32(23)48(3)31(33)20-8-4-5-9-20)43-27-16-29(45-34(51)21-14-15-21)46-47-30(27)36(53)41-2/h6-7,10-13,16-17,20-22,31H,4-5,8-9,14-15,18-19H2,1-3H3,(H,40,52)(H,41,53)(H2,43,45,46,51). The zero-order chi connectivity index (χ0) is 37.0. The zero-order valence-corrected chi connectivity index (χ0v) is 30.1. The van der Waals surface area contributed by atoms with Crippen LogP contribution in [0.1, 0.15) is 83.0 Å². The highest BCUT2D eigenvalue weighted by Gasteiger charge is 2.45. The van der Waals surface area contributed by atoms with Crippen LogP contribution in [-0.2, 0) is 10.1 Å². The van der Waals surface area contributed by atoms with E-state index in [9.17, 15) is 14.4 Å². The average Bonchev–Trinajstić information content (AvgIpc) is 3.70. The van der Waals surface area contributed by atoms with Crippen molar-refractivity contribution in [2.24, 2.45) is 11.8 Å². The lowest BCUT2D eigenvalue weighted by atomic mass is 9.57. The van der Waals surface area contributed by atoms with Crippen molar-refractivity contribution in [1.82, 2.24) is 40.5 Å². The monoisotopic (exact) mass is 709 g/mol. The first-order chi connectivity index (χ1) is 25.6. The topological polar surface area (TPSA) is 162 Å². The highest BCUT2D eigenvalue weighted by atomic mass is 16.2. The van der Waals surface area contributed by atoms with E-state index in [1.165, 1.54) is 12.8 Å². The molecule has 4 aromatic rings. The lowest BCUT2D eigenvalue weighted by molar-refractivity contribution is -0.117. The van der Waals surface area contributed by atoms with Gasteiger partial charge in [0.2, 0.25) is 5.91 Å². The van der Waals surface area contributed by atoms with Crippen molar-refractivity contribution in [3.8, 4) is 11.1 Å². The number of carbonyl (C=O) groups excluding carboxylic acids is 3.